The molecule has 8 saturated heterocycles. The molecule has 13 nitrogen and oxygen atoms in total. The second-order valence-corrected chi connectivity index (χ2v) is 33.6. The maximum Gasteiger partial charge on any atom is 0.338 e. The summed E-state index contributed by atoms with van der Waals surface area (Å²) >= 11 is 3.50. The minimum atomic E-state index is -4.18. The van der Waals surface area contributed by atoms with Gasteiger partial charge in [-0.25, -0.2) is 13.2 Å². The van der Waals surface area contributed by atoms with E-state index in [-0.39, 0.29) is 76.8 Å². The third-order valence-electron chi connectivity index (χ3n) is 18.8. The molecule has 0 aromatic heterocycles. The maximum atomic E-state index is 15.6. The van der Waals surface area contributed by atoms with Crippen molar-refractivity contribution in [2.24, 2.45) is 23.7 Å². The van der Waals surface area contributed by atoms with Crippen LogP contribution in [0.4, 0.5) is 0 Å². The molecular weight excluding hydrogens is 1080 g/mol. The van der Waals surface area contributed by atoms with Crippen molar-refractivity contribution >= 4 is 40.1 Å². The maximum absolute atomic E-state index is 15.6. The van der Waals surface area contributed by atoms with Crippen molar-refractivity contribution in [2.45, 2.75) is 251 Å². The Balaban J connectivity index is 0.967. The second kappa shape index (κ2) is 24.3. The first-order valence-electron chi connectivity index (χ1n) is 29.0. The van der Waals surface area contributed by atoms with Crippen LogP contribution in [0.25, 0.3) is 0 Å². The summed E-state index contributed by atoms with van der Waals surface area (Å²) in [6.07, 6.45) is 1.89. The normalized spacial score (nSPS) is 36.5. The van der Waals surface area contributed by atoms with Crippen molar-refractivity contribution in [3.8, 4) is 0 Å². The third kappa shape index (κ3) is 13.0. The van der Waals surface area contributed by atoms with Crippen LogP contribution in [-0.4, -0.2) is 131 Å². The van der Waals surface area contributed by atoms with E-state index in [9.17, 15) is 9.90 Å². The fourth-order valence-corrected chi connectivity index (χ4v) is 17.1. The van der Waals surface area contributed by atoms with E-state index in [1.54, 1.807) is 36.4 Å². The molecule has 428 valence electrons. The minimum absolute atomic E-state index is 0.0572. The first kappa shape index (κ1) is 59.3. The van der Waals surface area contributed by atoms with Gasteiger partial charge in [0.05, 0.1) is 64.5 Å². The molecule has 0 radical (unpaired) electrons. The van der Waals surface area contributed by atoms with Gasteiger partial charge >= 0.3 is 5.97 Å². The Bertz CT molecular complexity index is 2460. The summed E-state index contributed by atoms with van der Waals surface area (Å²) in [5, 5.41) is 11.8. The predicted molar refractivity (Wildman–Crippen MR) is 302 cm³/mol. The van der Waals surface area contributed by atoms with Crippen LogP contribution in [0.1, 0.15) is 142 Å². The number of carbonyl (C=O) groups is 1. The number of fused-ring (bicyclic) bond motifs is 1. The Hall–Kier alpha value is -2.32. The number of rotatable bonds is 23. The highest BCUT2D eigenvalue weighted by molar-refractivity contribution is 9.11. The molecule has 6 bridgehead atoms. The summed E-state index contributed by atoms with van der Waals surface area (Å²) < 4.78 is 93.3. The van der Waals surface area contributed by atoms with Gasteiger partial charge in [0.25, 0.3) is 0 Å². The monoisotopic (exact) mass is 1170 g/mol. The van der Waals surface area contributed by atoms with Crippen LogP contribution in [0.2, 0.25) is 18.1 Å². The highest BCUT2D eigenvalue weighted by Crippen LogP contribution is 2.55. The average molecular weight is 1170 g/mol. The van der Waals surface area contributed by atoms with Gasteiger partial charge in [0.1, 0.15) is 36.6 Å². The van der Waals surface area contributed by atoms with Crippen LogP contribution >= 0.6 is 15.9 Å². The fraction of sp³-hybridized carbons (Fsp3) is 0.721. The van der Waals surface area contributed by atoms with E-state index < -0.39 is 83.8 Å². The van der Waals surface area contributed by atoms with Gasteiger partial charge < -0.3 is 47.4 Å². The van der Waals surface area contributed by atoms with E-state index in [1.165, 1.54) is 0 Å². The molecule has 8 aliphatic heterocycles. The van der Waals surface area contributed by atoms with E-state index in [2.05, 4.69) is 90.6 Å². The van der Waals surface area contributed by atoms with Crippen molar-refractivity contribution in [1.82, 2.24) is 0 Å². The smallest absolute Gasteiger partial charge is 0.338 e. The molecule has 10 rings (SSSR count). The molecule has 77 heavy (non-hydrogen) atoms. The Morgan fingerprint density at radius 3 is 2.25 bits per heavy atom. The van der Waals surface area contributed by atoms with Crippen LogP contribution in [0.5, 0.6) is 0 Å². The van der Waals surface area contributed by atoms with E-state index in [1.807, 2.05) is 24.3 Å². The quantitative estimate of drug-likeness (QED) is 0.0638. The minimum Gasteiger partial charge on any atom is -0.458 e. The summed E-state index contributed by atoms with van der Waals surface area (Å²) in [7, 11) is -6.22. The molecule has 0 saturated carbocycles. The summed E-state index contributed by atoms with van der Waals surface area (Å²) in [5.41, 5.74) is 1.48. The Morgan fingerprint density at radius 2 is 1.56 bits per heavy atom. The highest BCUT2D eigenvalue weighted by atomic mass is 79.9. The van der Waals surface area contributed by atoms with Gasteiger partial charge in [0.15, 0.2) is 23.9 Å². The molecule has 0 amide bonds. The molecule has 6 unspecified atom stereocenters. The van der Waals surface area contributed by atoms with Crippen LogP contribution in [0.15, 0.2) is 88.8 Å². The lowest BCUT2D eigenvalue weighted by molar-refractivity contribution is -0.293. The molecule has 8 heterocycles. The SMILES string of the molecule is C=C(Br)C[C@@H](CC[C@@]12CC3O[C@H]4C(O1)[C@H]1O[C@@H](CC(O)C(C5[C@H](CC6O[C@@H](CCCC)C[C@@H](C)C6=C)O[C@H](C[C@H](C)CO[Si](C)(C)C(C)(C)C)[C@@H]5C)S(=O)(=O)c5ccccc5)CC[C@@H]1O[C@H]4[C@H]3O2)OC(=O)c1ccccc1. The number of carbonyl (C=O) groups excluding carboxylic acids is 1. The van der Waals surface area contributed by atoms with Gasteiger partial charge in [0, 0.05) is 44.6 Å². The molecule has 0 aliphatic carbocycles. The van der Waals surface area contributed by atoms with Crippen LogP contribution < -0.4 is 0 Å². The largest absolute Gasteiger partial charge is 0.458 e. The van der Waals surface area contributed by atoms with Crippen LogP contribution in [-0.2, 0) is 52.2 Å². The number of hydrogen-bond acceptors (Lipinski definition) is 13. The van der Waals surface area contributed by atoms with Gasteiger partial charge in [-0.15, -0.1) is 0 Å². The number of benzene rings is 2. The molecule has 8 aliphatic rings. The van der Waals surface area contributed by atoms with Gasteiger partial charge in [-0.3, -0.25) is 0 Å². The standard InChI is InChI=1S/C61H89BrO13SSi/c1-12-13-22-42-30-37(3)39(5)49(68-42)33-50-52(40(6)48(71-50)29-36(2)35-67-77(10,11)60(7,8)9)58(76(65,66)45-23-18-15-19-24-45)46(63)32-43-25-26-47-53(69-43)57-56-55(72-47)54-51(73-56)34-61(74-54,75-57)28-27-44(31-38(4)62)70-59(64)41-20-16-14-17-21-41/h14-21,23-24,36-37,40,42-44,46-58,63H,4-5,12-13,22,25-35H2,1-3,6-11H3/t36-,37+,40-,42-,43+,44+,46?,47-,48+,49?,50-,51?,52?,53-,54-,55-,56+,57?,58?,61-/m0/s1. The first-order chi connectivity index (χ1) is 36.5. The van der Waals surface area contributed by atoms with E-state index in [0.29, 0.717) is 68.0 Å². The summed E-state index contributed by atoms with van der Waals surface area (Å²) in [6.45, 7) is 29.2. The second-order valence-electron chi connectivity index (χ2n) is 25.5. The molecule has 20 atom stereocenters. The van der Waals surface area contributed by atoms with Crippen molar-refractivity contribution in [3.05, 3.63) is 89.4 Å². The van der Waals surface area contributed by atoms with Crippen molar-refractivity contribution < 1.29 is 60.6 Å². The molecular formula is C61H89BrO13SSi. The van der Waals surface area contributed by atoms with E-state index in [0.717, 1.165) is 31.3 Å². The van der Waals surface area contributed by atoms with E-state index in [4.69, 9.17) is 42.3 Å². The lowest BCUT2D eigenvalue weighted by atomic mass is 9.78. The molecule has 1 N–H and O–H groups in total. The number of halogens is 1. The molecule has 2 aromatic rings. The van der Waals surface area contributed by atoms with Crippen molar-refractivity contribution in [1.29, 1.82) is 0 Å². The van der Waals surface area contributed by atoms with Crippen molar-refractivity contribution in [2.75, 3.05) is 6.61 Å². The van der Waals surface area contributed by atoms with Gasteiger partial charge in [-0.1, -0.05) is 127 Å². The number of sulfone groups is 1. The zero-order chi connectivity index (χ0) is 55.2. The van der Waals surface area contributed by atoms with Gasteiger partial charge in [-0.2, -0.15) is 0 Å². The van der Waals surface area contributed by atoms with Crippen LogP contribution in [0, 0.1) is 23.7 Å². The van der Waals surface area contributed by atoms with Crippen molar-refractivity contribution in [3.63, 3.8) is 0 Å². The average Bonchev–Trinajstić information content (AvgIpc) is 3.99. The summed E-state index contributed by atoms with van der Waals surface area (Å²) in [5.74, 6) is -1.92. The number of hydrogen-bond donors (Lipinski definition) is 1. The lowest BCUT2D eigenvalue weighted by Crippen LogP contribution is -2.62. The number of aliphatic hydroxyl groups excluding tert-OH is 1. The Kier molecular flexibility index (Phi) is 18.7. The first-order valence-corrected chi connectivity index (χ1v) is 34.2. The number of ether oxygens (including phenoxy) is 8. The lowest BCUT2D eigenvalue weighted by Gasteiger charge is -2.48. The Labute approximate surface area is 469 Å². The number of aliphatic hydroxyl groups is 1. The molecule has 8 fully saturated rings. The topological polar surface area (TPSA) is 155 Å². The van der Waals surface area contributed by atoms with Gasteiger partial charge in [-0.05, 0) is 109 Å². The Morgan fingerprint density at radius 1 is 0.883 bits per heavy atom. The number of unbranched alkanes of at least 4 members (excludes halogenated alkanes) is 1. The zero-order valence-corrected chi connectivity index (χ0v) is 50.6. The van der Waals surface area contributed by atoms with Crippen LogP contribution in [0.3, 0.4) is 0 Å². The number of esters is 1. The fourth-order valence-electron chi connectivity index (χ4n) is 13.4. The molecule has 0 spiro atoms. The highest BCUT2D eigenvalue weighted by Gasteiger charge is 2.69. The van der Waals surface area contributed by atoms with Gasteiger partial charge in [0.2, 0.25) is 0 Å². The van der Waals surface area contributed by atoms with E-state index >= 15 is 8.42 Å². The molecule has 16 heteroatoms. The summed E-state index contributed by atoms with van der Waals surface area (Å²) in [4.78, 5) is 13.4. The summed E-state index contributed by atoms with van der Waals surface area (Å²) in [6, 6.07) is 17.5. The molecule has 2 aromatic carbocycles. The third-order valence-corrected chi connectivity index (χ3v) is 25.9. The zero-order valence-electron chi connectivity index (χ0n) is 47.2. The predicted octanol–water partition coefficient (Wildman–Crippen LogP) is 11.8.